The van der Waals surface area contributed by atoms with Gasteiger partial charge in [0.2, 0.25) is 0 Å². The number of rotatable bonds is 12. The van der Waals surface area contributed by atoms with Crippen molar-refractivity contribution in [3.8, 4) is 0 Å². The Labute approximate surface area is 175 Å². The fourth-order valence-corrected chi connectivity index (χ4v) is 5.55. The van der Waals surface area contributed by atoms with Crippen molar-refractivity contribution in [1.82, 2.24) is 0 Å². The summed E-state index contributed by atoms with van der Waals surface area (Å²) in [7, 11) is 0. The van der Waals surface area contributed by atoms with Gasteiger partial charge in [0.25, 0.3) is 0 Å². The van der Waals surface area contributed by atoms with Crippen molar-refractivity contribution < 1.29 is 9.53 Å². The fourth-order valence-electron chi connectivity index (χ4n) is 5.55. The van der Waals surface area contributed by atoms with Crippen LogP contribution in [0.5, 0.6) is 0 Å². The van der Waals surface area contributed by atoms with E-state index in [4.69, 9.17) is 4.74 Å². The van der Waals surface area contributed by atoms with Crippen molar-refractivity contribution in [1.29, 1.82) is 0 Å². The second kappa shape index (κ2) is 13.6. The van der Waals surface area contributed by atoms with Crippen molar-refractivity contribution in [2.45, 2.75) is 124 Å². The summed E-state index contributed by atoms with van der Waals surface area (Å²) in [5.74, 6) is 3.21. The summed E-state index contributed by atoms with van der Waals surface area (Å²) in [5, 5.41) is 0. The maximum Gasteiger partial charge on any atom is 0.308 e. The second-order valence-corrected chi connectivity index (χ2v) is 10.1. The summed E-state index contributed by atoms with van der Waals surface area (Å²) in [6, 6.07) is 0. The highest BCUT2D eigenvalue weighted by Crippen LogP contribution is 2.37. The minimum absolute atomic E-state index is 0.0829. The van der Waals surface area contributed by atoms with Gasteiger partial charge in [-0.15, -0.1) is 0 Å². The Bertz CT molecular complexity index is 403. The van der Waals surface area contributed by atoms with E-state index in [0.717, 1.165) is 11.8 Å². The largest absolute Gasteiger partial charge is 0.465 e. The first kappa shape index (κ1) is 23.7. The first-order chi connectivity index (χ1) is 13.6. The molecule has 0 saturated heterocycles. The second-order valence-electron chi connectivity index (χ2n) is 10.1. The predicted molar refractivity (Wildman–Crippen MR) is 119 cm³/mol. The first-order valence-corrected chi connectivity index (χ1v) is 12.8. The van der Waals surface area contributed by atoms with Crippen LogP contribution in [0.1, 0.15) is 124 Å². The zero-order valence-corrected chi connectivity index (χ0v) is 19.2. The van der Waals surface area contributed by atoms with Gasteiger partial charge in [-0.1, -0.05) is 97.8 Å². The molecule has 0 aromatic carbocycles. The van der Waals surface area contributed by atoms with Gasteiger partial charge in [0.15, 0.2) is 0 Å². The van der Waals surface area contributed by atoms with Crippen molar-refractivity contribution in [2.24, 2.45) is 29.6 Å². The predicted octanol–water partition coefficient (Wildman–Crippen LogP) is 7.94. The Morgan fingerprint density at radius 2 is 1.21 bits per heavy atom. The van der Waals surface area contributed by atoms with Gasteiger partial charge in [-0.05, 0) is 49.4 Å². The van der Waals surface area contributed by atoms with E-state index in [1.165, 1.54) is 103 Å². The molecular weight excluding hydrogens is 344 g/mol. The quantitative estimate of drug-likeness (QED) is 0.249. The van der Waals surface area contributed by atoms with Gasteiger partial charge in [0.05, 0.1) is 12.5 Å². The Morgan fingerprint density at radius 1 is 0.750 bits per heavy atom. The lowest BCUT2D eigenvalue weighted by Crippen LogP contribution is -2.29. The Balaban J connectivity index is 1.58. The molecule has 0 amide bonds. The molecule has 2 aliphatic carbocycles. The summed E-state index contributed by atoms with van der Waals surface area (Å²) in [4.78, 5) is 12.6. The van der Waals surface area contributed by atoms with Gasteiger partial charge in [-0.3, -0.25) is 4.79 Å². The molecule has 0 spiro atoms. The lowest BCUT2D eigenvalue weighted by molar-refractivity contribution is -0.152. The van der Waals surface area contributed by atoms with Crippen LogP contribution >= 0.6 is 0 Å². The SMILES string of the molecule is CCCCCC1CCC(COC(=O)C(C)C2CCC(CCCCC)CC2)CC1. The topological polar surface area (TPSA) is 26.3 Å². The average molecular weight is 393 g/mol. The summed E-state index contributed by atoms with van der Waals surface area (Å²) < 4.78 is 5.80. The lowest BCUT2D eigenvalue weighted by atomic mass is 9.75. The van der Waals surface area contributed by atoms with Crippen LogP contribution < -0.4 is 0 Å². The number of unbranched alkanes of at least 4 members (excludes halogenated alkanes) is 4. The third-order valence-corrected chi connectivity index (χ3v) is 7.83. The molecule has 0 aromatic heterocycles. The van der Waals surface area contributed by atoms with Gasteiger partial charge >= 0.3 is 5.97 Å². The van der Waals surface area contributed by atoms with Gasteiger partial charge < -0.3 is 4.74 Å². The van der Waals surface area contributed by atoms with E-state index >= 15 is 0 Å². The number of esters is 1. The summed E-state index contributed by atoms with van der Waals surface area (Å²) in [6.07, 6.45) is 21.4. The molecule has 0 aromatic rings. The van der Waals surface area contributed by atoms with Crippen molar-refractivity contribution in [2.75, 3.05) is 6.61 Å². The van der Waals surface area contributed by atoms with E-state index < -0.39 is 0 Å². The van der Waals surface area contributed by atoms with E-state index in [9.17, 15) is 4.79 Å². The maximum atomic E-state index is 12.6. The Morgan fingerprint density at radius 3 is 1.71 bits per heavy atom. The molecule has 2 fully saturated rings. The van der Waals surface area contributed by atoms with E-state index in [1.807, 2.05) is 0 Å². The molecule has 2 heteroatoms. The molecule has 0 radical (unpaired) electrons. The number of ether oxygens (including phenoxy) is 1. The summed E-state index contributed by atoms with van der Waals surface area (Å²) >= 11 is 0. The van der Waals surface area contributed by atoms with Crippen LogP contribution in [-0.2, 0) is 9.53 Å². The van der Waals surface area contributed by atoms with Gasteiger partial charge in [0.1, 0.15) is 0 Å². The highest BCUT2D eigenvalue weighted by molar-refractivity contribution is 5.72. The Kier molecular flexibility index (Phi) is 11.6. The zero-order chi connectivity index (χ0) is 20.2. The minimum Gasteiger partial charge on any atom is -0.465 e. The summed E-state index contributed by atoms with van der Waals surface area (Å²) in [6.45, 7) is 7.36. The molecule has 2 nitrogen and oxygen atoms in total. The maximum absolute atomic E-state index is 12.6. The third-order valence-electron chi connectivity index (χ3n) is 7.83. The van der Waals surface area contributed by atoms with Crippen molar-refractivity contribution in [3.05, 3.63) is 0 Å². The molecule has 1 atom stereocenters. The van der Waals surface area contributed by atoms with Gasteiger partial charge in [-0.2, -0.15) is 0 Å². The van der Waals surface area contributed by atoms with Gasteiger partial charge in [0, 0.05) is 0 Å². The van der Waals surface area contributed by atoms with Crippen molar-refractivity contribution in [3.63, 3.8) is 0 Å². The number of hydrogen-bond acceptors (Lipinski definition) is 2. The van der Waals surface area contributed by atoms with Crippen molar-refractivity contribution >= 4 is 5.97 Å². The highest BCUT2D eigenvalue weighted by Gasteiger charge is 2.30. The first-order valence-electron chi connectivity index (χ1n) is 12.8. The molecule has 0 N–H and O–H groups in total. The third kappa shape index (κ3) is 8.46. The van der Waals surface area contributed by atoms with Crippen LogP contribution in [0.3, 0.4) is 0 Å². The standard InChI is InChI=1S/C26H48O2/c1-4-6-8-10-22-12-14-24(15-13-22)20-28-26(27)21(3)25-18-16-23(17-19-25)11-9-7-5-2/h21-25H,4-20H2,1-3H3. The Hall–Kier alpha value is -0.530. The van der Waals surface area contributed by atoms with E-state index in [-0.39, 0.29) is 11.9 Å². The molecule has 164 valence electrons. The van der Waals surface area contributed by atoms with Crippen LogP contribution in [0, 0.1) is 29.6 Å². The molecule has 0 heterocycles. The smallest absolute Gasteiger partial charge is 0.308 e. The van der Waals surface area contributed by atoms with Crippen LogP contribution in [-0.4, -0.2) is 12.6 Å². The molecule has 0 aliphatic heterocycles. The van der Waals surface area contributed by atoms with E-state index in [1.54, 1.807) is 0 Å². The lowest BCUT2D eigenvalue weighted by Gasteiger charge is -2.32. The monoisotopic (exact) mass is 392 g/mol. The fraction of sp³-hybridized carbons (Fsp3) is 0.962. The zero-order valence-electron chi connectivity index (χ0n) is 19.2. The molecule has 28 heavy (non-hydrogen) atoms. The average Bonchev–Trinajstić information content (AvgIpc) is 2.73. The molecule has 0 bridgehead atoms. The molecule has 2 rings (SSSR count). The number of carbonyl (C=O) groups is 1. The summed E-state index contributed by atoms with van der Waals surface area (Å²) in [5.41, 5.74) is 0. The number of hydrogen-bond donors (Lipinski definition) is 0. The van der Waals surface area contributed by atoms with Crippen LogP contribution in [0.4, 0.5) is 0 Å². The highest BCUT2D eigenvalue weighted by atomic mass is 16.5. The van der Waals surface area contributed by atoms with Crippen LogP contribution in [0.25, 0.3) is 0 Å². The van der Waals surface area contributed by atoms with Crippen LogP contribution in [0.2, 0.25) is 0 Å². The number of carbonyl (C=O) groups excluding carboxylic acids is 1. The normalized spacial score (nSPS) is 29.4. The van der Waals surface area contributed by atoms with E-state index in [0.29, 0.717) is 18.4 Å². The van der Waals surface area contributed by atoms with E-state index in [2.05, 4.69) is 20.8 Å². The molecular formula is C26H48O2. The molecule has 2 aliphatic rings. The molecule has 1 unspecified atom stereocenters. The van der Waals surface area contributed by atoms with Crippen LogP contribution in [0.15, 0.2) is 0 Å². The minimum atomic E-state index is 0.0829. The van der Waals surface area contributed by atoms with Gasteiger partial charge in [-0.25, -0.2) is 0 Å². The molecule has 2 saturated carbocycles.